The molecule has 5 heteroatoms. The highest BCUT2D eigenvalue weighted by Crippen LogP contribution is 2.11. The third-order valence-corrected chi connectivity index (χ3v) is 3.33. The van der Waals surface area contributed by atoms with E-state index in [0.717, 1.165) is 5.56 Å². The minimum Gasteiger partial charge on any atom is -0.444 e. The number of alkyl carbamates (subject to hydrolysis) is 1. The SMILES string of the molecule is CC(C)(C)OC(=O)N[C@H](Cc1ccccc1)C(=O)Nc1ccccc1. The molecule has 0 saturated heterocycles. The number of carbonyl (C=O) groups is 2. The van der Waals surface area contributed by atoms with Crippen molar-refractivity contribution >= 4 is 17.7 Å². The van der Waals surface area contributed by atoms with Gasteiger partial charge in [0, 0.05) is 12.1 Å². The number of rotatable bonds is 5. The molecule has 2 aromatic rings. The van der Waals surface area contributed by atoms with Crippen LogP contribution in [0.1, 0.15) is 26.3 Å². The highest BCUT2D eigenvalue weighted by atomic mass is 16.6. The van der Waals surface area contributed by atoms with Gasteiger partial charge in [0.2, 0.25) is 5.91 Å². The fourth-order valence-electron chi connectivity index (χ4n) is 2.26. The molecule has 0 heterocycles. The summed E-state index contributed by atoms with van der Waals surface area (Å²) in [4.78, 5) is 24.7. The largest absolute Gasteiger partial charge is 0.444 e. The first kappa shape index (κ1) is 18.5. The van der Waals surface area contributed by atoms with E-state index in [-0.39, 0.29) is 5.91 Å². The van der Waals surface area contributed by atoms with Crippen molar-refractivity contribution in [1.29, 1.82) is 0 Å². The van der Waals surface area contributed by atoms with Crippen molar-refractivity contribution in [1.82, 2.24) is 5.32 Å². The average Bonchev–Trinajstić information content (AvgIpc) is 2.54. The van der Waals surface area contributed by atoms with Gasteiger partial charge in [-0.2, -0.15) is 0 Å². The first-order chi connectivity index (χ1) is 11.8. The molecule has 2 amide bonds. The summed E-state index contributed by atoms with van der Waals surface area (Å²) >= 11 is 0. The van der Waals surface area contributed by atoms with E-state index < -0.39 is 17.7 Å². The Hall–Kier alpha value is -2.82. The molecule has 1 atom stereocenters. The molecule has 0 bridgehead atoms. The molecule has 0 unspecified atom stereocenters. The lowest BCUT2D eigenvalue weighted by Crippen LogP contribution is -2.47. The average molecular weight is 340 g/mol. The Morgan fingerprint density at radius 1 is 0.960 bits per heavy atom. The van der Waals surface area contributed by atoms with Crippen molar-refractivity contribution in [3.05, 3.63) is 66.2 Å². The van der Waals surface area contributed by atoms with Crippen LogP contribution in [0.3, 0.4) is 0 Å². The topological polar surface area (TPSA) is 67.4 Å². The molecule has 0 fully saturated rings. The van der Waals surface area contributed by atoms with Gasteiger partial charge in [-0.25, -0.2) is 4.79 Å². The third-order valence-electron chi connectivity index (χ3n) is 3.33. The normalized spacial score (nSPS) is 12.1. The van der Waals surface area contributed by atoms with Gasteiger partial charge in [-0.1, -0.05) is 48.5 Å². The minimum atomic E-state index is -0.738. The number of para-hydroxylation sites is 1. The molecule has 0 aliphatic rings. The van der Waals surface area contributed by atoms with E-state index in [4.69, 9.17) is 4.74 Å². The number of nitrogens with one attached hydrogen (secondary N) is 2. The summed E-state index contributed by atoms with van der Waals surface area (Å²) < 4.78 is 5.28. The van der Waals surface area contributed by atoms with Crippen LogP contribution in [0, 0.1) is 0 Å². The fraction of sp³-hybridized carbons (Fsp3) is 0.300. The molecule has 25 heavy (non-hydrogen) atoms. The van der Waals surface area contributed by atoms with Gasteiger partial charge in [0.05, 0.1) is 0 Å². The molecule has 0 spiro atoms. The number of hydrogen-bond donors (Lipinski definition) is 2. The van der Waals surface area contributed by atoms with E-state index in [1.165, 1.54) is 0 Å². The van der Waals surface area contributed by atoms with Crippen LogP contribution >= 0.6 is 0 Å². The lowest BCUT2D eigenvalue weighted by molar-refractivity contribution is -0.118. The van der Waals surface area contributed by atoms with Gasteiger partial charge in [-0.05, 0) is 38.5 Å². The molecule has 5 nitrogen and oxygen atoms in total. The van der Waals surface area contributed by atoms with Gasteiger partial charge < -0.3 is 15.4 Å². The van der Waals surface area contributed by atoms with E-state index in [1.54, 1.807) is 32.9 Å². The maximum absolute atomic E-state index is 12.6. The number of amides is 2. The first-order valence-corrected chi connectivity index (χ1v) is 8.23. The third kappa shape index (κ3) is 6.67. The Labute approximate surface area is 148 Å². The standard InChI is InChI=1S/C20H24N2O3/c1-20(2,3)25-19(24)22-17(14-15-10-6-4-7-11-15)18(23)21-16-12-8-5-9-13-16/h4-13,17H,14H2,1-3H3,(H,21,23)(H,22,24)/t17-/m1/s1. The number of benzene rings is 2. The van der Waals surface area contributed by atoms with E-state index >= 15 is 0 Å². The molecule has 0 aliphatic heterocycles. The number of anilines is 1. The summed E-state index contributed by atoms with van der Waals surface area (Å²) in [6.45, 7) is 5.34. The minimum absolute atomic E-state index is 0.291. The van der Waals surface area contributed by atoms with Crippen LogP contribution in [0.2, 0.25) is 0 Å². The summed E-state index contributed by atoms with van der Waals surface area (Å²) in [6, 6.07) is 17.9. The molecule has 0 aromatic heterocycles. The highest BCUT2D eigenvalue weighted by molar-refractivity contribution is 5.96. The number of ether oxygens (including phenoxy) is 1. The van der Waals surface area contributed by atoms with Gasteiger partial charge >= 0.3 is 6.09 Å². The smallest absolute Gasteiger partial charge is 0.408 e. The van der Waals surface area contributed by atoms with E-state index in [1.807, 2.05) is 48.5 Å². The number of hydrogen-bond acceptors (Lipinski definition) is 3. The lowest BCUT2D eigenvalue weighted by atomic mass is 10.1. The Kier molecular flexibility index (Phi) is 6.17. The van der Waals surface area contributed by atoms with Gasteiger partial charge in [0.1, 0.15) is 11.6 Å². The Bertz CT molecular complexity index is 694. The van der Waals surface area contributed by atoms with Gasteiger partial charge in [0.15, 0.2) is 0 Å². The Morgan fingerprint density at radius 2 is 1.52 bits per heavy atom. The molecule has 132 valence electrons. The molecule has 2 rings (SSSR count). The van der Waals surface area contributed by atoms with Crippen molar-refractivity contribution in [2.45, 2.75) is 38.8 Å². The molecular formula is C20H24N2O3. The zero-order chi connectivity index (χ0) is 18.3. The molecule has 2 aromatic carbocycles. The van der Waals surface area contributed by atoms with Crippen LogP contribution in [0.5, 0.6) is 0 Å². The van der Waals surface area contributed by atoms with Crippen LogP contribution in [0.4, 0.5) is 10.5 Å². The van der Waals surface area contributed by atoms with Crippen molar-refractivity contribution in [3.63, 3.8) is 0 Å². The van der Waals surface area contributed by atoms with Gasteiger partial charge in [0.25, 0.3) is 0 Å². The van der Waals surface area contributed by atoms with Crippen LogP contribution in [0.25, 0.3) is 0 Å². The highest BCUT2D eigenvalue weighted by Gasteiger charge is 2.24. The lowest BCUT2D eigenvalue weighted by Gasteiger charge is -2.23. The molecular weight excluding hydrogens is 316 g/mol. The fourth-order valence-corrected chi connectivity index (χ4v) is 2.26. The van der Waals surface area contributed by atoms with E-state index in [9.17, 15) is 9.59 Å². The van der Waals surface area contributed by atoms with Crippen molar-refractivity contribution in [3.8, 4) is 0 Å². The predicted octanol–water partition coefficient (Wildman–Crippen LogP) is 3.76. The second kappa shape index (κ2) is 8.33. The number of carbonyl (C=O) groups excluding carboxylic acids is 2. The molecule has 0 radical (unpaired) electrons. The zero-order valence-electron chi connectivity index (χ0n) is 14.8. The van der Waals surface area contributed by atoms with Crippen LogP contribution < -0.4 is 10.6 Å². The zero-order valence-corrected chi connectivity index (χ0v) is 14.8. The van der Waals surface area contributed by atoms with Crippen LogP contribution in [-0.2, 0) is 16.0 Å². The molecule has 0 saturated carbocycles. The Balaban J connectivity index is 2.10. The second-order valence-electron chi connectivity index (χ2n) is 6.74. The van der Waals surface area contributed by atoms with E-state index in [2.05, 4.69) is 10.6 Å². The van der Waals surface area contributed by atoms with Gasteiger partial charge in [-0.3, -0.25) is 4.79 Å². The maximum atomic E-state index is 12.6. The summed E-state index contributed by atoms with van der Waals surface area (Å²) in [7, 11) is 0. The quantitative estimate of drug-likeness (QED) is 0.871. The summed E-state index contributed by atoms with van der Waals surface area (Å²) in [5.74, 6) is -0.291. The Morgan fingerprint density at radius 3 is 2.08 bits per heavy atom. The van der Waals surface area contributed by atoms with E-state index in [0.29, 0.717) is 12.1 Å². The first-order valence-electron chi connectivity index (χ1n) is 8.23. The predicted molar refractivity (Wildman–Crippen MR) is 98.4 cm³/mol. The maximum Gasteiger partial charge on any atom is 0.408 e. The van der Waals surface area contributed by atoms with Crippen molar-refractivity contribution in [2.24, 2.45) is 0 Å². The van der Waals surface area contributed by atoms with Crippen LogP contribution in [0.15, 0.2) is 60.7 Å². The van der Waals surface area contributed by atoms with Crippen molar-refractivity contribution < 1.29 is 14.3 Å². The summed E-state index contributed by atoms with van der Waals surface area (Å²) in [6.07, 6.45) is -0.240. The second-order valence-corrected chi connectivity index (χ2v) is 6.74. The summed E-state index contributed by atoms with van der Waals surface area (Å²) in [5.41, 5.74) is 1.00. The summed E-state index contributed by atoms with van der Waals surface area (Å²) in [5, 5.41) is 5.49. The van der Waals surface area contributed by atoms with Gasteiger partial charge in [-0.15, -0.1) is 0 Å². The molecule has 0 aliphatic carbocycles. The van der Waals surface area contributed by atoms with Crippen molar-refractivity contribution in [2.75, 3.05) is 5.32 Å². The monoisotopic (exact) mass is 340 g/mol. The molecule has 2 N–H and O–H groups in total. The van der Waals surface area contributed by atoms with Crippen LogP contribution in [-0.4, -0.2) is 23.6 Å².